The van der Waals surface area contributed by atoms with E-state index in [0.29, 0.717) is 18.0 Å². The van der Waals surface area contributed by atoms with Gasteiger partial charge in [-0.2, -0.15) is 0 Å². The first kappa shape index (κ1) is 12.6. The second kappa shape index (κ2) is 4.90. The smallest absolute Gasteiger partial charge is 0.263 e. The van der Waals surface area contributed by atoms with Crippen molar-refractivity contribution < 1.29 is 14.3 Å². The van der Waals surface area contributed by atoms with Crippen molar-refractivity contribution in [2.75, 3.05) is 19.7 Å². The third-order valence-electron chi connectivity index (χ3n) is 3.52. The first-order valence-electron chi connectivity index (χ1n) is 6.26. The number of fused-ring (bicyclic) bond motifs is 1. The fourth-order valence-corrected chi connectivity index (χ4v) is 3.45. The van der Waals surface area contributed by atoms with E-state index in [4.69, 9.17) is 5.11 Å². The highest BCUT2D eigenvalue weighted by Gasteiger charge is 2.27. The summed E-state index contributed by atoms with van der Waals surface area (Å²) in [6.45, 7) is 1.42. The zero-order valence-corrected chi connectivity index (χ0v) is 11.1. The molecule has 2 heterocycles. The SMILES string of the molecule is O=C(c1cc2cc(F)ccc2s1)N1CCC(CO)C1. The molecule has 0 saturated carbocycles. The lowest BCUT2D eigenvalue weighted by Crippen LogP contribution is -2.28. The molecule has 5 heteroatoms. The Morgan fingerprint density at radius 3 is 3.05 bits per heavy atom. The quantitative estimate of drug-likeness (QED) is 0.917. The molecule has 3 rings (SSSR count). The minimum absolute atomic E-state index is 0.0161. The molecule has 0 spiro atoms. The normalized spacial score (nSPS) is 19.3. The van der Waals surface area contributed by atoms with Crippen molar-refractivity contribution in [3.8, 4) is 0 Å². The van der Waals surface area contributed by atoms with Gasteiger partial charge in [0.15, 0.2) is 0 Å². The summed E-state index contributed by atoms with van der Waals surface area (Å²) >= 11 is 1.39. The Kier molecular flexibility index (Phi) is 3.24. The zero-order chi connectivity index (χ0) is 13.4. The average Bonchev–Trinajstić information content (AvgIpc) is 3.03. The van der Waals surface area contributed by atoms with Gasteiger partial charge in [0.05, 0.1) is 4.88 Å². The molecule has 19 heavy (non-hydrogen) atoms. The number of likely N-dealkylation sites (tertiary alicyclic amines) is 1. The fraction of sp³-hybridized carbons (Fsp3) is 0.357. The minimum Gasteiger partial charge on any atom is -0.396 e. The van der Waals surface area contributed by atoms with Crippen LogP contribution in [0, 0.1) is 11.7 Å². The van der Waals surface area contributed by atoms with Crippen molar-refractivity contribution in [1.29, 1.82) is 0 Å². The van der Waals surface area contributed by atoms with Gasteiger partial charge in [-0.15, -0.1) is 11.3 Å². The molecule has 1 fully saturated rings. The molecule has 1 aromatic carbocycles. The van der Waals surface area contributed by atoms with Crippen molar-refractivity contribution in [3.05, 3.63) is 35.0 Å². The number of aliphatic hydroxyl groups excluding tert-OH is 1. The summed E-state index contributed by atoms with van der Waals surface area (Å²) in [6, 6.07) is 6.30. The first-order chi connectivity index (χ1) is 9.17. The second-order valence-corrected chi connectivity index (χ2v) is 5.97. The molecule has 2 aromatic rings. The maximum Gasteiger partial charge on any atom is 0.263 e. The topological polar surface area (TPSA) is 40.5 Å². The van der Waals surface area contributed by atoms with E-state index in [9.17, 15) is 9.18 Å². The number of hydrogen-bond donors (Lipinski definition) is 1. The Bertz CT molecular complexity index is 625. The molecular formula is C14H14FNO2S. The van der Waals surface area contributed by atoms with Crippen LogP contribution < -0.4 is 0 Å². The highest BCUT2D eigenvalue weighted by Crippen LogP contribution is 2.28. The summed E-state index contributed by atoms with van der Waals surface area (Å²) in [6.07, 6.45) is 0.849. The van der Waals surface area contributed by atoms with E-state index in [1.54, 1.807) is 17.0 Å². The summed E-state index contributed by atoms with van der Waals surface area (Å²) in [5, 5.41) is 9.87. The van der Waals surface area contributed by atoms with Crippen LogP contribution in [-0.4, -0.2) is 35.6 Å². The van der Waals surface area contributed by atoms with Crippen LogP contribution in [0.4, 0.5) is 4.39 Å². The second-order valence-electron chi connectivity index (χ2n) is 4.88. The summed E-state index contributed by atoms with van der Waals surface area (Å²) < 4.78 is 14.0. The van der Waals surface area contributed by atoms with Crippen LogP contribution >= 0.6 is 11.3 Å². The maximum atomic E-state index is 13.1. The predicted molar refractivity (Wildman–Crippen MR) is 72.9 cm³/mol. The third kappa shape index (κ3) is 2.35. The number of carbonyl (C=O) groups excluding carboxylic acids is 1. The Hall–Kier alpha value is -1.46. The molecule has 1 saturated heterocycles. The predicted octanol–water partition coefficient (Wildman–Crippen LogP) is 2.49. The van der Waals surface area contributed by atoms with Crippen LogP contribution in [0.25, 0.3) is 10.1 Å². The molecule has 1 aliphatic heterocycles. The summed E-state index contributed by atoms with van der Waals surface area (Å²) in [5.74, 6) is -0.112. The monoisotopic (exact) mass is 279 g/mol. The highest BCUT2D eigenvalue weighted by atomic mass is 32.1. The Labute approximate surface area is 114 Å². The van der Waals surface area contributed by atoms with Crippen molar-refractivity contribution in [2.24, 2.45) is 5.92 Å². The van der Waals surface area contributed by atoms with E-state index in [0.717, 1.165) is 16.5 Å². The Morgan fingerprint density at radius 2 is 2.32 bits per heavy atom. The number of hydrogen-bond acceptors (Lipinski definition) is 3. The minimum atomic E-state index is -0.286. The van der Waals surface area contributed by atoms with Gasteiger partial charge in [0, 0.05) is 30.3 Å². The lowest BCUT2D eigenvalue weighted by Gasteiger charge is -2.14. The number of carbonyl (C=O) groups is 1. The van der Waals surface area contributed by atoms with E-state index in [-0.39, 0.29) is 24.2 Å². The van der Waals surface area contributed by atoms with Crippen LogP contribution in [0.5, 0.6) is 0 Å². The van der Waals surface area contributed by atoms with Gasteiger partial charge in [-0.3, -0.25) is 4.79 Å². The molecular weight excluding hydrogens is 265 g/mol. The molecule has 1 amide bonds. The van der Waals surface area contributed by atoms with Crippen LogP contribution in [0.15, 0.2) is 24.3 Å². The van der Waals surface area contributed by atoms with Gasteiger partial charge in [-0.05, 0) is 36.1 Å². The lowest BCUT2D eigenvalue weighted by atomic mass is 10.1. The molecule has 0 bridgehead atoms. The number of rotatable bonds is 2. The standard InChI is InChI=1S/C14H14FNO2S/c15-11-1-2-12-10(5-11)6-13(19-12)14(18)16-4-3-9(7-16)8-17/h1-2,5-6,9,17H,3-4,7-8H2. The number of amides is 1. The zero-order valence-electron chi connectivity index (χ0n) is 10.3. The molecule has 0 radical (unpaired) electrons. The lowest BCUT2D eigenvalue weighted by molar-refractivity contribution is 0.0786. The Balaban J connectivity index is 1.86. The molecule has 1 unspecified atom stereocenters. The van der Waals surface area contributed by atoms with Crippen molar-refractivity contribution in [3.63, 3.8) is 0 Å². The summed E-state index contributed by atoms with van der Waals surface area (Å²) in [7, 11) is 0. The van der Waals surface area contributed by atoms with Crippen LogP contribution in [-0.2, 0) is 0 Å². The number of nitrogens with zero attached hydrogens (tertiary/aromatic N) is 1. The third-order valence-corrected chi connectivity index (χ3v) is 4.62. The van der Waals surface area contributed by atoms with E-state index >= 15 is 0 Å². The number of benzene rings is 1. The van der Waals surface area contributed by atoms with Gasteiger partial charge in [-0.1, -0.05) is 0 Å². The average molecular weight is 279 g/mol. The molecule has 1 atom stereocenters. The van der Waals surface area contributed by atoms with Crippen LogP contribution in [0.1, 0.15) is 16.1 Å². The molecule has 100 valence electrons. The van der Waals surface area contributed by atoms with Crippen LogP contribution in [0.2, 0.25) is 0 Å². The summed E-state index contributed by atoms with van der Waals surface area (Å²) in [5.41, 5.74) is 0. The van der Waals surface area contributed by atoms with Crippen molar-refractivity contribution in [1.82, 2.24) is 4.90 Å². The van der Waals surface area contributed by atoms with Gasteiger partial charge < -0.3 is 10.0 Å². The maximum absolute atomic E-state index is 13.1. The highest BCUT2D eigenvalue weighted by molar-refractivity contribution is 7.20. The van der Waals surface area contributed by atoms with Gasteiger partial charge in [0.2, 0.25) is 0 Å². The van der Waals surface area contributed by atoms with Crippen LogP contribution in [0.3, 0.4) is 0 Å². The van der Waals surface area contributed by atoms with Gasteiger partial charge in [0.1, 0.15) is 5.82 Å². The largest absolute Gasteiger partial charge is 0.396 e. The number of thiophene rings is 1. The molecule has 3 nitrogen and oxygen atoms in total. The van der Waals surface area contributed by atoms with Crippen molar-refractivity contribution in [2.45, 2.75) is 6.42 Å². The van der Waals surface area contributed by atoms with Gasteiger partial charge >= 0.3 is 0 Å². The fourth-order valence-electron chi connectivity index (χ4n) is 2.44. The first-order valence-corrected chi connectivity index (χ1v) is 7.08. The van der Waals surface area contributed by atoms with E-state index in [1.165, 1.54) is 23.5 Å². The Morgan fingerprint density at radius 1 is 1.47 bits per heavy atom. The van der Waals surface area contributed by atoms with Gasteiger partial charge in [-0.25, -0.2) is 4.39 Å². The number of halogens is 1. The molecule has 1 aliphatic rings. The molecule has 0 aliphatic carbocycles. The molecule has 1 N–H and O–H groups in total. The van der Waals surface area contributed by atoms with Gasteiger partial charge in [0.25, 0.3) is 5.91 Å². The van der Waals surface area contributed by atoms with E-state index < -0.39 is 0 Å². The van der Waals surface area contributed by atoms with E-state index in [1.807, 2.05) is 0 Å². The molecule has 1 aromatic heterocycles. The van der Waals surface area contributed by atoms with E-state index in [2.05, 4.69) is 0 Å². The summed E-state index contributed by atoms with van der Waals surface area (Å²) in [4.78, 5) is 14.7. The van der Waals surface area contributed by atoms with Crippen molar-refractivity contribution >= 4 is 27.3 Å². The number of aliphatic hydroxyl groups is 1.